The van der Waals surface area contributed by atoms with E-state index < -0.39 is 12.1 Å². The first-order chi connectivity index (χ1) is 12.2. The van der Waals surface area contributed by atoms with Gasteiger partial charge in [0.15, 0.2) is 6.10 Å². The molecular formula is C19H15N3O3. The van der Waals surface area contributed by atoms with Crippen molar-refractivity contribution in [2.45, 2.75) is 12.5 Å². The molecule has 0 aliphatic carbocycles. The lowest BCUT2D eigenvalue weighted by molar-refractivity contribution is -0.125. The van der Waals surface area contributed by atoms with Crippen LogP contribution in [0.1, 0.15) is 15.9 Å². The molecular weight excluding hydrogens is 318 g/mol. The normalized spacial score (nSPS) is 16.0. The number of carbonyl (C=O) groups is 2. The SMILES string of the molecule is O=C1OC(C(=O)Nc2ccnn2-c2ccccc2)Cc2ccccc21. The number of para-hydroxylation sites is 1. The number of carbonyl (C=O) groups excluding carboxylic acids is 2. The number of hydrogen-bond donors (Lipinski definition) is 1. The molecule has 1 aromatic heterocycles. The van der Waals surface area contributed by atoms with Crippen LogP contribution >= 0.6 is 0 Å². The van der Waals surface area contributed by atoms with Crippen LogP contribution in [0.2, 0.25) is 0 Å². The average molecular weight is 333 g/mol. The number of amides is 1. The van der Waals surface area contributed by atoms with Crippen LogP contribution in [0.15, 0.2) is 66.9 Å². The summed E-state index contributed by atoms with van der Waals surface area (Å²) in [6.45, 7) is 0. The Morgan fingerprint density at radius 1 is 1.08 bits per heavy atom. The van der Waals surface area contributed by atoms with Gasteiger partial charge in [0.1, 0.15) is 5.82 Å². The standard InChI is InChI=1S/C19H15N3O3/c23-18(16-12-13-6-4-5-9-15(13)19(24)25-16)21-17-10-11-20-22(17)14-7-2-1-3-8-14/h1-11,16H,12H2,(H,21,23). The zero-order chi connectivity index (χ0) is 17.2. The second-order valence-electron chi connectivity index (χ2n) is 5.71. The summed E-state index contributed by atoms with van der Waals surface area (Å²) in [5.41, 5.74) is 2.16. The van der Waals surface area contributed by atoms with Crippen molar-refractivity contribution in [1.82, 2.24) is 9.78 Å². The van der Waals surface area contributed by atoms with Crippen molar-refractivity contribution in [2.24, 2.45) is 0 Å². The molecule has 25 heavy (non-hydrogen) atoms. The van der Waals surface area contributed by atoms with Crippen molar-refractivity contribution >= 4 is 17.7 Å². The number of fused-ring (bicyclic) bond motifs is 1. The molecule has 0 bridgehead atoms. The summed E-state index contributed by atoms with van der Waals surface area (Å²) in [6.07, 6.45) is 1.10. The predicted molar refractivity (Wildman–Crippen MR) is 91.5 cm³/mol. The van der Waals surface area contributed by atoms with E-state index >= 15 is 0 Å². The molecule has 0 saturated carbocycles. The van der Waals surface area contributed by atoms with E-state index in [2.05, 4.69) is 10.4 Å². The van der Waals surface area contributed by atoms with Gasteiger partial charge in [-0.3, -0.25) is 4.79 Å². The van der Waals surface area contributed by atoms with Gasteiger partial charge in [0.05, 0.1) is 17.4 Å². The lowest BCUT2D eigenvalue weighted by atomic mass is 9.98. The molecule has 0 fully saturated rings. The zero-order valence-electron chi connectivity index (χ0n) is 13.3. The first-order valence-electron chi connectivity index (χ1n) is 7.91. The maximum Gasteiger partial charge on any atom is 0.339 e. The molecule has 1 atom stereocenters. The predicted octanol–water partition coefficient (Wildman–Crippen LogP) is 2.59. The summed E-state index contributed by atoms with van der Waals surface area (Å²) in [7, 11) is 0. The summed E-state index contributed by atoms with van der Waals surface area (Å²) < 4.78 is 6.91. The summed E-state index contributed by atoms with van der Waals surface area (Å²) in [5, 5.41) is 7.02. The Kier molecular flexibility index (Phi) is 3.78. The third kappa shape index (κ3) is 2.89. The van der Waals surface area contributed by atoms with E-state index in [1.165, 1.54) is 0 Å². The zero-order valence-corrected chi connectivity index (χ0v) is 13.3. The molecule has 6 nitrogen and oxygen atoms in total. The minimum Gasteiger partial charge on any atom is -0.448 e. The minimum absolute atomic E-state index is 0.354. The molecule has 2 aromatic carbocycles. The minimum atomic E-state index is -0.860. The van der Waals surface area contributed by atoms with Gasteiger partial charge in [0.2, 0.25) is 0 Å². The number of hydrogen-bond acceptors (Lipinski definition) is 4. The van der Waals surface area contributed by atoms with Crippen LogP contribution < -0.4 is 5.32 Å². The molecule has 4 rings (SSSR count). The van der Waals surface area contributed by atoms with Crippen molar-refractivity contribution in [2.75, 3.05) is 5.32 Å². The highest BCUT2D eigenvalue weighted by Gasteiger charge is 2.31. The van der Waals surface area contributed by atoms with Gasteiger partial charge in [0.25, 0.3) is 5.91 Å². The fraction of sp³-hybridized carbons (Fsp3) is 0.105. The van der Waals surface area contributed by atoms with E-state index in [0.717, 1.165) is 11.3 Å². The number of esters is 1. The highest BCUT2D eigenvalue weighted by atomic mass is 16.5. The van der Waals surface area contributed by atoms with Crippen LogP contribution in [0.4, 0.5) is 5.82 Å². The van der Waals surface area contributed by atoms with E-state index in [4.69, 9.17) is 4.74 Å². The van der Waals surface area contributed by atoms with Crippen molar-refractivity contribution in [3.63, 3.8) is 0 Å². The quantitative estimate of drug-likeness (QED) is 0.748. The Balaban J connectivity index is 1.55. The van der Waals surface area contributed by atoms with Crippen LogP contribution in [-0.2, 0) is 16.0 Å². The van der Waals surface area contributed by atoms with E-state index in [-0.39, 0.29) is 5.91 Å². The molecule has 0 saturated heterocycles. The van der Waals surface area contributed by atoms with Crippen LogP contribution in [-0.4, -0.2) is 27.8 Å². The van der Waals surface area contributed by atoms with E-state index in [9.17, 15) is 9.59 Å². The summed E-state index contributed by atoms with van der Waals surface area (Å²) in [4.78, 5) is 24.6. The lowest BCUT2D eigenvalue weighted by Gasteiger charge is -2.23. The first kappa shape index (κ1) is 15.1. The number of anilines is 1. The Labute approximate surface area is 144 Å². The topological polar surface area (TPSA) is 73.2 Å². The van der Waals surface area contributed by atoms with Gasteiger partial charge in [-0.2, -0.15) is 5.10 Å². The molecule has 1 amide bonds. The largest absolute Gasteiger partial charge is 0.448 e. The second kappa shape index (κ2) is 6.24. The van der Waals surface area contributed by atoms with Crippen LogP contribution in [0.3, 0.4) is 0 Å². The summed E-state index contributed by atoms with van der Waals surface area (Å²) in [6, 6.07) is 18.3. The molecule has 2 heterocycles. The number of cyclic esters (lactones) is 1. The molecule has 1 aliphatic rings. The Morgan fingerprint density at radius 3 is 2.68 bits per heavy atom. The third-order valence-electron chi connectivity index (χ3n) is 4.08. The number of ether oxygens (including phenoxy) is 1. The van der Waals surface area contributed by atoms with Crippen molar-refractivity contribution in [3.05, 3.63) is 78.0 Å². The molecule has 0 spiro atoms. The molecule has 6 heteroatoms. The highest BCUT2D eigenvalue weighted by molar-refractivity contribution is 5.99. The first-order valence-corrected chi connectivity index (χ1v) is 7.91. The van der Waals surface area contributed by atoms with Crippen LogP contribution in [0.5, 0.6) is 0 Å². The Hall–Kier alpha value is -3.41. The van der Waals surface area contributed by atoms with Gasteiger partial charge in [-0.1, -0.05) is 36.4 Å². The van der Waals surface area contributed by atoms with E-state index in [0.29, 0.717) is 17.8 Å². The number of nitrogens with zero attached hydrogens (tertiary/aromatic N) is 2. The van der Waals surface area contributed by atoms with Gasteiger partial charge >= 0.3 is 5.97 Å². The molecule has 0 radical (unpaired) electrons. The average Bonchev–Trinajstić information content (AvgIpc) is 3.10. The van der Waals surface area contributed by atoms with Crippen LogP contribution in [0, 0.1) is 0 Å². The number of nitrogens with one attached hydrogen (secondary N) is 1. The molecule has 1 N–H and O–H groups in total. The maximum absolute atomic E-state index is 12.6. The number of rotatable bonds is 3. The number of aromatic nitrogens is 2. The Bertz CT molecular complexity index is 934. The maximum atomic E-state index is 12.6. The molecule has 3 aromatic rings. The van der Waals surface area contributed by atoms with Crippen molar-refractivity contribution < 1.29 is 14.3 Å². The van der Waals surface area contributed by atoms with Gasteiger partial charge in [-0.25, -0.2) is 9.48 Å². The fourth-order valence-electron chi connectivity index (χ4n) is 2.86. The van der Waals surface area contributed by atoms with Crippen molar-refractivity contribution in [1.29, 1.82) is 0 Å². The van der Waals surface area contributed by atoms with Gasteiger partial charge < -0.3 is 10.1 Å². The van der Waals surface area contributed by atoms with Gasteiger partial charge in [-0.15, -0.1) is 0 Å². The Morgan fingerprint density at radius 2 is 1.84 bits per heavy atom. The van der Waals surface area contributed by atoms with Gasteiger partial charge in [0, 0.05) is 12.5 Å². The molecule has 1 unspecified atom stereocenters. The second-order valence-corrected chi connectivity index (χ2v) is 5.71. The van der Waals surface area contributed by atoms with Crippen LogP contribution in [0.25, 0.3) is 5.69 Å². The fourth-order valence-corrected chi connectivity index (χ4v) is 2.86. The van der Waals surface area contributed by atoms with E-state index in [1.54, 1.807) is 29.1 Å². The van der Waals surface area contributed by atoms with Gasteiger partial charge in [-0.05, 0) is 23.8 Å². The van der Waals surface area contributed by atoms with E-state index in [1.807, 2.05) is 42.5 Å². The lowest BCUT2D eigenvalue weighted by Crippen LogP contribution is -2.38. The third-order valence-corrected chi connectivity index (χ3v) is 4.08. The van der Waals surface area contributed by atoms with Crippen molar-refractivity contribution in [3.8, 4) is 5.69 Å². The number of benzene rings is 2. The summed E-state index contributed by atoms with van der Waals surface area (Å²) in [5.74, 6) is -0.329. The molecule has 124 valence electrons. The highest BCUT2D eigenvalue weighted by Crippen LogP contribution is 2.22. The molecule has 1 aliphatic heterocycles. The monoisotopic (exact) mass is 333 g/mol. The summed E-state index contributed by atoms with van der Waals surface area (Å²) >= 11 is 0. The smallest absolute Gasteiger partial charge is 0.339 e.